The number of aromatic amines is 1. The van der Waals surface area contributed by atoms with Gasteiger partial charge in [0, 0.05) is 4.11 Å². The molecule has 4 heteroatoms. The highest BCUT2D eigenvalue weighted by atomic mass is 15.5. The second-order valence-corrected chi connectivity index (χ2v) is 0.735. The molecule has 0 unspecified atom stereocenters. The number of H-pyrrole nitrogens is 1. The Bertz CT molecular complexity index is 176. The second kappa shape index (κ2) is 1.04. The predicted octanol–water partition coefficient (Wildman–Crippen LogP) is -0.492. The van der Waals surface area contributed by atoms with Crippen molar-refractivity contribution < 1.29 is 4.11 Å². The van der Waals surface area contributed by atoms with E-state index in [1.807, 2.05) is 0 Å². The topological polar surface area (TPSA) is 54.5 Å². The molecule has 0 aliphatic carbocycles. The van der Waals surface area contributed by atoms with E-state index in [1.165, 1.54) is 0 Å². The van der Waals surface area contributed by atoms with Crippen LogP contribution in [0.3, 0.4) is 0 Å². The van der Waals surface area contributed by atoms with E-state index in [2.05, 4.69) is 20.6 Å². The molecule has 0 aliphatic rings. The molecule has 0 radical (unpaired) electrons. The average Bonchev–Trinajstić information content (AvgIpc) is 2.08. The lowest BCUT2D eigenvalue weighted by atomic mass is 10.8. The number of nitrogens with one attached hydrogen (secondary N) is 1. The molecule has 0 aromatic carbocycles. The summed E-state index contributed by atoms with van der Waals surface area (Å²) in [4.78, 5) is 0. The Labute approximate surface area is 38.8 Å². The smallest absolute Gasteiger partial charge is 0.171 e. The van der Waals surface area contributed by atoms with Crippen molar-refractivity contribution in [3.8, 4) is 0 Å². The number of tetrazole rings is 1. The molecule has 6 heavy (non-hydrogen) atoms. The van der Waals surface area contributed by atoms with Gasteiger partial charge in [-0.15, -0.1) is 10.2 Å². The maximum absolute atomic E-state index is 6.74. The zero-order valence-corrected chi connectivity index (χ0v) is 2.84. The molecule has 1 rings (SSSR count). The Morgan fingerprint density at radius 2 is 3.00 bits per heavy atom. The van der Waals surface area contributed by atoms with Gasteiger partial charge in [0.1, 0.15) is 0 Å². The molecular formula is C2H4N4. The van der Waals surface area contributed by atoms with E-state index in [1.54, 1.807) is 0 Å². The largest absolute Gasteiger partial charge is 0.177 e. The third-order valence-corrected chi connectivity index (χ3v) is 0.345. The Balaban J connectivity index is 2.90. The normalized spacial score (nSPS) is 18.3. The molecule has 1 aromatic heterocycles. The van der Waals surface area contributed by atoms with Crippen LogP contribution in [0, 0.1) is 6.85 Å². The van der Waals surface area contributed by atoms with Crippen LogP contribution in [0.15, 0.2) is 0 Å². The van der Waals surface area contributed by atoms with Crippen LogP contribution in [0.25, 0.3) is 0 Å². The lowest BCUT2D eigenvalue weighted by molar-refractivity contribution is 0.881. The van der Waals surface area contributed by atoms with Crippen molar-refractivity contribution in [2.45, 2.75) is 6.85 Å². The summed E-state index contributed by atoms with van der Waals surface area (Å²) in [5.74, 6) is -0.248. The van der Waals surface area contributed by atoms with Gasteiger partial charge in [0.15, 0.2) is 5.82 Å². The van der Waals surface area contributed by atoms with Gasteiger partial charge in [-0.2, -0.15) is 5.21 Å². The van der Waals surface area contributed by atoms with Crippen molar-refractivity contribution in [1.82, 2.24) is 20.6 Å². The SMILES string of the molecule is [2H]C([2H])([2H])c1nn[nH]n1. The maximum Gasteiger partial charge on any atom is 0.171 e. The van der Waals surface area contributed by atoms with Crippen LogP contribution < -0.4 is 0 Å². The van der Waals surface area contributed by atoms with Crippen LogP contribution in [0.2, 0.25) is 0 Å². The van der Waals surface area contributed by atoms with Crippen LogP contribution in [-0.4, -0.2) is 20.6 Å². The number of aromatic nitrogens is 4. The molecule has 32 valence electrons. The summed E-state index contributed by atoms with van der Waals surface area (Å²) >= 11 is 0. The van der Waals surface area contributed by atoms with Gasteiger partial charge in [-0.05, 0) is 6.85 Å². The standard InChI is InChI=1S/C2H4N4/c1-2-3-5-6-4-2/h1H3,(H,3,4,5,6)/i1D3. The van der Waals surface area contributed by atoms with Crippen LogP contribution in [0.1, 0.15) is 9.94 Å². The summed E-state index contributed by atoms with van der Waals surface area (Å²) in [6.07, 6.45) is 0. The molecule has 0 amide bonds. The molecule has 1 heterocycles. The lowest BCUT2D eigenvalue weighted by Gasteiger charge is -1.59. The summed E-state index contributed by atoms with van der Waals surface area (Å²) in [6, 6.07) is 0. The van der Waals surface area contributed by atoms with E-state index < -0.39 is 6.85 Å². The van der Waals surface area contributed by atoms with E-state index in [9.17, 15) is 0 Å². The van der Waals surface area contributed by atoms with E-state index in [-0.39, 0.29) is 5.82 Å². The third-order valence-electron chi connectivity index (χ3n) is 0.345. The van der Waals surface area contributed by atoms with Gasteiger partial charge in [-0.25, -0.2) is 0 Å². The van der Waals surface area contributed by atoms with Crippen LogP contribution >= 0.6 is 0 Å². The molecule has 0 saturated heterocycles. The van der Waals surface area contributed by atoms with E-state index in [4.69, 9.17) is 4.11 Å². The van der Waals surface area contributed by atoms with E-state index >= 15 is 0 Å². The van der Waals surface area contributed by atoms with Gasteiger partial charge in [0.2, 0.25) is 0 Å². The molecule has 0 atom stereocenters. The lowest BCUT2D eigenvalue weighted by Crippen LogP contribution is -1.69. The van der Waals surface area contributed by atoms with E-state index in [0.717, 1.165) is 0 Å². The zero-order valence-electron chi connectivity index (χ0n) is 5.84. The minimum absolute atomic E-state index is 0.248. The molecule has 0 spiro atoms. The number of aryl methyl sites for hydroxylation is 1. The highest BCUT2D eigenvalue weighted by Gasteiger charge is 1.78. The number of nitrogens with zero attached hydrogens (tertiary/aromatic N) is 3. The molecule has 0 saturated carbocycles. The molecule has 0 aliphatic heterocycles. The molecule has 4 nitrogen and oxygen atoms in total. The molecule has 1 N–H and O–H groups in total. The molecule has 0 fully saturated rings. The monoisotopic (exact) mass is 87.1 g/mol. The molecule has 1 aromatic rings. The zero-order chi connectivity index (χ0) is 6.91. The van der Waals surface area contributed by atoms with Gasteiger partial charge in [-0.1, -0.05) is 5.21 Å². The number of hydrogen-bond donors (Lipinski definition) is 1. The van der Waals surface area contributed by atoms with Gasteiger partial charge >= 0.3 is 0 Å². The van der Waals surface area contributed by atoms with Gasteiger partial charge < -0.3 is 0 Å². The summed E-state index contributed by atoms with van der Waals surface area (Å²) in [6.45, 7) is -2.24. The Morgan fingerprint density at radius 1 is 2.00 bits per heavy atom. The first-order valence-corrected chi connectivity index (χ1v) is 1.34. The molecule has 0 bridgehead atoms. The highest BCUT2D eigenvalue weighted by Crippen LogP contribution is 1.69. The van der Waals surface area contributed by atoms with Crippen LogP contribution in [0.5, 0.6) is 0 Å². The van der Waals surface area contributed by atoms with Crippen molar-refractivity contribution in [3.05, 3.63) is 5.82 Å². The van der Waals surface area contributed by atoms with Gasteiger partial charge in [0.05, 0.1) is 0 Å². The predicted molar refractivity (Wildman–Crippen MR) is 18.9 cm³/mol. The van der Waals surface area contributed by atoms with E-state index in [0.29, 0.717) is 0 Å². The van der Waals surface area contributed by atoms with Gasteiger partial charge in [0.25, 0.3) is 0 Å². The second-order valence-electron chi connectivity index (χ2n) is 0.735. The van der Waals surface area contributed by atoms with Crippen LogP contribution in [0.4, 0.5) is 0 Å². The summed E-state index contributed by atoms with van der Waals surface area (Å²) in [5.41, 5.74) is 0. The fraction of sp³-hybridized carbons (Fsp3) is 0.500. The maximum atomic E-state index is 6.74. The number of rotatable bonds is 0. The first kappa shape index (κ1) is 1.29. The quantitative estimate of drug-likeness (QED) is 0.464. The minimum Gasteiger partial charge on any atom is -0.177 e. The average molecular weight is 87.1 g/mol. The van der Waals surface area contributed by atoms with Crippen LogP contribution in [-0.2, 0) is 0 Å². The minimum atomic E-state index is -2.24. The first-order chi connectivity index (χ1) is 4.11. The first-order valence-electron chi connectivity index (χ1n) is 2.84. The number of hydrogen-bond acceptors (Lipinski definition) is 3. The fourth-order valence-electron chi connectivity index (χ4n) is 0.162. The van der Waals surface area contributed by atoms with Crippen molar-refractivity contribution in [1.29, 1.82) is 0 Å². The summed E-state index contributed by atoms with van der Waals surface area (Å²) < 4.78 is 20.2. The Kier molecular flexibility index (Phi) is 0.224. The molecular weight excluding hydrogens is 80.0 g/mol. The third kappa shape index (κ3) is 0.357. The summed E-state index contributed by atoms with van der Waals surface area (Å²) in [5, 5.41) is 11.7. The van der Waals surface area contributed by atoms with Gasteiger partial charge in [-0.3, -0.25) is 0 Å². The Morgan fingerprint density at radius 3 is 3.33 bits per heavy atom. The van der Waals surface area contributed by atoms with Crippen molar-refractivity contribution in [2.24, 2.45) is 0 Å². The fourth-order valence-corrected chi connectivity index (χ4v) is 0.162. The van der Waals surface area contributed by atoms with Crippen molar-refractivity contribution >= 4 is 0 Å². The van der Waals surface area contributed by atoms with Crippen molar-refractivity contribution in [3.63, 3.8) is 0 Å². The highest BCUT2D eigenvalue weighted by molar-refractivity contribution is 4.63. The van der Waals surface area contributed by atoms with Crippen molar-refractivity contribution in [2.75, 3.05) is 0 Å². The Hall–Kier alpha value is -0.930. The summed E-state index contributed by atoms with van der Waals surface area (Å²) in [7, 11) is 0.